The monoisotopic (exact) mass is 391 g/mol. The Hall–Kier alpha value is -2.78. The second-order valence-corrected chi connectivity index (χ2v) is 8.14. The van der Waals surface area contributed by atoms with Crippen molar-refractivity contribution in [3.63, 3.8) is 0 Å². The molecule has 0 aliphatic carbocycles. The Labute approximate surface area is 170 Å². The van der Waals surface area contributed by atoms with E-state index in [0.717, 1.165) is 22.6 Å². The molecule has 1 amide bonds. The standard InChI is InChI=1S/C24H22ClNO2/c1-16-8-14-19(15-9-16)28-23-24(2,3)20-6-4-5-7-21(20)26(23)22(27)17-10-12-18(25)13-11-17/h4-15,23H,1-3H3/t23-/m1/s1. The minimum Gasteiger partial charge on any atom is -0.469 e. The highest BCUT2D eigenvalue weighted by Gasteiger charge is 2.49. The molecule has 3 aromatic rings. The molecule has 0 saturated carbocycles. The Kier molecular flexibility index (Phi) is 4.64. The zero-order chi connectivity index (χ0) is 19.9. The first kappa shape index (κ1) is 18.6. The number of hydrogen-bond acceptors (Lipinski definition) is 2. The highest BCUT2D eigenvalue weighted by molar-refractivity contribution is 6.30. The van der Waals surface area contributed by atoms with Crippen LogP contribution in [-0.4, -0.2) is 12.1 Å². The first-order chi connectivity index (χ1) is 13.4. The lowest BCUT2D eigenvalue weighted by molar-refractivity contribution is 0.0848. The lowest BCUT2D eigenvalue weighted by Crippen LogP contribution is -2.48. The van der Waals surface area contributed by atoms with E-state index in [0.29, 0.717) is 10.6 Å². The Morgan fingerprint density at radius 2 is 1.61 bits per heavy atom. The third-order valence-electron chi connectivity index (χ3n) is 5.29. The minimum absolute atomic E-state index is 0.105. The SMILES string of the molecule is Cc1ccc(O[C@H]2N(C(=O)c3ccc(Cl)cc3)c3ccccc3C2(C)C)cc1. The Morgan fingerprint density at radius 1 is 0.964 bits per heavy atom. The third kappa shape index (κ3) is 3.16. The predicted octanol–water partition coefficient (Wildman–Crippen LogP) is 5.99. The summed E-state index contributed by atoms with van der Waals surface area (Å²) >= 11 is 6.00. The summed E-state index contributed by atoms with van der Waals surface area (Å²) < 4.78 is 6.39. The molecule has 3 nitrogen and oxygen atoms in total. The normalized spacial score (nSPS) is 17.3. The van der Waals surface area contributed by atoms with Gasteiger partial charge < -0.3 is 4.74 Å². The van der Waals surface area contributed by atoms with Crippen LogP contribution in [0, 0.1) is 6.92 Å². The Bertz CT molecular complexity index is 1010. The van der Waals surface area contributed by atoms with Gasteiger partial charge in [0.2, 0.25) is 0 Å². The van der Waals surface area contributed by atoms with Crippen molar-refractivity contribution in [3.05, 3.63) is 94.5 Å². The molecule has 3 aromatic carbocycles. The molecule has 0 fully saturated rings. The van der Waals surface area contributed by atoms with Crippen LogP contribution in [0.15, 0.2) is 72.8 Å². The topological polar surface area (TPSA) is 29.5 Å². The van der Waals surface area contributed by atoms with Crippen LogP contribution >= 0.6 is 11.6 Å². The van der Waals surface area contributed by atoms with Crippen LogP contribution in [0.2, 0.25) is 5.02 Å². The molecule has 0 aromatic heterocycles. The molecule has 1 heterocycles. The molecule has 0 saturated heterocycles. The zero-order valence-electron chi connectivity index (χ0n) is 16.1. The Morgan fingerprint density at radius 3 is 2.29 bits per heavy atom. The van der Waals surface area contributed by atoms with Crippen LogP contribution in [0.3, 0.4) is 0 Å². The molecule has 0 N–H and O–H groups in total. The van der Waals surface area contributed by atoms with Gasteiger partial charge in [-0.3, -0.25) is 9.69 Å². The number of para-hydroxylation sites is 1. The molecule has 1 atom stereocenters. The van der Waals surface area contributed by atoms with Gasteiger partial charge in [0.05, 0.1) is 5.69 Å². The van der Waals surface area contributed by atoms with Crippen molar-refractivity contribution in [2.75, 3.05) is 4.90 Å². The number of amides is 1. The molecule has 4 rings (SSSR count). The summed E-state index contributed by atoms with van der Waals surface area (Å²) in [7, 11) is 0. The van der Waals surface area contributed by atoms with Crippen molar-refractivity contribution in [3.8, 4) is 5.75 Å². The molecule has 0 unspecified atom stereocenters. The van der Waals surface area contributed by atoms with E-state index in [1.165, 1.54) is 0 Å². The number of carbonyl (C=O) groups is 1. The summed E-state index contributed by atoms with van der Waals surface area (Å²) in [4.78, 5) is 15.2. The van der Waals surface area contributed by atoms with Gasteiger partial charge in [-0.1, -0.05) is 61.3 Å². The lowest BCUT2D eigenvalue weighted by atomic mass is 9.85. The minimum atomic E-state index is -0.462. The van der Waals surface area contributed by atoms with E-state index in [4.69, 9.17) is 16.3 Å². The molecule has 0 spiro atoms. The fourth-order valence-electron chi connectivity index (χ4n) is 3.70. The van der Waals surface area contributed by atoms with Crippen LogP contribution in [0.4, 0.5) is 5.69 Å². The third-order valence-corrected chi connectivity index (χ3v) is 5.54. The van der Waals surface area contributed by atoms with Crippen LogP contribution in [-0.2, 0) is 5.41 Å². The summed E-state index contributed by atoms with van der Waals surface area (Å²) in [6.07, 6.45) is -0.462. The highest BCUT2D eigenvalue weighted by Crippen LogP contribution is 2.46. The quantitative estimate of drug-likeness (QED) is 0.548. The van der Waals surface area contributed by atoms with Gasteiger partial charge in [-0.2, -0.15) is 0 Å². The van der Waals surface area contributed by atoms with Crippen molar-refractivity contribution in [2.45, 2.75) is 32.4 Å². The molecule has 0 radical (unpaired) electrons. The summed E-state index contributed by atoms with van der Waals surface area (Å²) in [5, 5.41) is 0.603. The van der Waals surface area contributed by atoms with E-state index >= 15 is 0 Å². The number of halogens is 1. The number of fused-ring (bicyclic) bond motifs is 1. The average Bonchev–Trinajstić information content (AvgIpc) is 2.91. The van der Waals surface area contributed by atoms with E-state index in [1.54, 1.807) is 29.2 Å². The van der Waals surface area contributed by atoms with Crippen molar-refractivity contribution in [2.24, 2.45) is 0 Å². The molecular formula is C24H22ClNO2. The number of anilines is 1. The number of benzene rings is 3. The van der Waals surface area contributed by atoms with Crippen molar-refractivity contribution in [1.82, 2.24) is 0 Å². The summed E-state index contributed by atoms with van der Waals surface area (Å²) in [6, 6.07) is 22.9. The lowest BCUT2D eigenvalue weighted by Gasteiger charge is -2.33. The van der Waals surface area contributed by atoms with Crippen LogP contribution in [0.1, 0.15) is 35.3 Å². The number of carbonyl (C=O) groups excluding carboxylic acids is 1. The van der Waals surface area contributed by atoms with Crippen molar-refractivity contribution >= 4 is 23.2 Å². The number of ether oxygens (including phenoxy) is 1. The van der Waals surface area contributed by atoms with Crippen molar-refractivity contribution < 1.29 is 9.53 Å². The summed E-state index contributed by atoms with van der Waals surface area (Å²) in [5.74, 6) is 0.636. The first-order valence-electron chi connectivity index (χ1n) is 9.30. The van der Waals surface area contributed by atoms with Gasteiger partial charge >= 0.3 is 0 Å². The van der Waals surface area contributed by atoms with Crippen LogP contribution < -0.4 is 9.64 Å². The van der Waals surface area contributed by atoms with Crippen molar-refractivity contribution in [1.29, 1.82) is 0 Å². The van der Waals surface area contributed by atoms with Crippen LogP contribution in [0.5, 0.6) is 5.75 Å². The zero-order valence-corrected chi connectivity index (χ0v) is 16.9. The maximum atomic E-state index is 13.5. The number of hydrogen-bond donors (Lipinski definition) is 0. The van der Waals surface area contributed by atoms with Gasteiger partial charge in [0, 0.05) is 16.0 Å². The maximum Gasteiger partial charge on any atom is 0.261 e. The van der Waals surface area contributed by atoms with Gasteiger partial charge in [0.25, 0.3) is 5.91 Å². The number of aryl methyl sites for hydroxylation is 1. The molecule has 28 heavy (non-hydrogen) atoms. The van der Waals surface area contributed by atoms with Crippen LogP contribution in [0.25, 0.3) is 0 Å². The second kappa shape index (κ2) is 6.99. The van der Waals surface area contributed by atoms with Gasteiger partial charge in [0.15, 0.2) is 6.23 Å². The highest BCUT2D eigenvalue weighted by atomic mass is 35.5. The number of rotatable bonds is 3. The van der Waals surface area contributed by atoms with E-state index in [2.05, 4.69) is 19.9 Å². The molecule has 1 aliphatic heterocycles. The van der Waals surface area contributed by atoms with Gasteiger partial charge in [-0.15, -0.1) is 0 Å². The summed E-state index contributed by atoms with van der Waals surface area (Å²) in [6.45, 7) is 6.26. The number of nitrogens with zero attached hydrogens (tertiary/aromatic N) is 1. The van der Waals surface area contributed by atoms with E-state index in [9.17, 15) is 4.79 Å². The van der Waals surface area contributed by atoms with Gasteiger partial charge in [0.1, 0.15) is 5.75 Å². The fraction of sp³-hybridized carbons (Fsp3) is 0.208. The molecule has 1 aliphatic rings. The second-order valence-electron chi connectivity index (χ2n) is 7.70. The average molecular weight is 392 g/mol. The van der Waals surface area contributed by atoms with Gasteiger partial charge in [-0.05, 0) is 55.0 Å². The predicted molar refractivity (Wildman–Crippen MR) is 113 cm³/mol. The molecule has 0 bridgehead atoms. The largest absolute Gasteiger partial charge is 0.469 e. The van der Waals surface area contributed by atoms with Gasteiger partial charge in [-0.25, -0.2) is 0 Å². The fourth-order valence-corrected chi connectivity index (χ4v) is 3.83. The molecule has 142 valence electrons. The van der Waals surface area contributed by atoms with E-state index in [1.807, 2.05) is 49.4 Å². The molecule has 4 heteroatoms. The van der Waals surface area contributed by atoms with E-state index < -0.39 is 6.23 Å². The Balaban J connectivity index is 1.78. The maximum absolute atomic E-state index is 13.5. The first-order valence-corrected chi connectivity index (χ1v) is 9.68. The molecular weight excluding hydrogens is 370 g/mol. The smallest absolute Gasteiger partial charge is 0.261 e. The van der Waals surface area contributed by atoms with E-state index in [-0.39, 0.29) is 11.3 Å². The summed E-state index contributed by atoms with van der Waals surface area (Å²) in [5.41, 5.74) is 3.34.